The molecule has 0 saturated carbocycles. The van der Waals surface area contributed by atoms with Crippen LogP contribution in [0.3, 0.4) is 0 Å². The van der Waals surface area contributed by atoms with Gasteiger partial charge in [-0.2, -0.15) is 0 Å². The Morgan fingerprint density at radius 3 is 2.88 bits per heavy atom. The molecule has 4 nitrogen and oxygen atoms in total. The van der Waals surface area contributed by atoms with Gasteiger partial charge in [-0.1, -0.05) is 11.6 Å². The average Bonchev–Trinajstić information content (AvgIpc) is 2.32. The molecule has 0 amide bonds. The zero-order valence-electron chi connectivity index (χ0n) is 9.36. The summed E-state index contributed by atoms with van der Waals surface area (Å²) in [6, 6.07) is 1.62. The number of aromatic nitrogens is 1. The quantitative estimate of drug-likeness (QED) is 0.843. The van der Waals surface area contributed by atoms with Gasteiger partial charge in [0.1, 0.15) is 5.15 Å². The third kappa shape index (κ3) is 3.17. The fraction of sp³-hybridized carbons (Fsp3) is 0.500. The lowest BCUT2D eigenvalue weighted by Gasteiger charge is -2.21. The number of aromatic carboxylic acids is 1. The van der Waals surface area contributed by atoms with Crippen LogP contribution in [0.5, 0.6) is 0 Å². The smallest absolute Gasteiger partial charge is 0.338 e. The van der Waals surface area contributed by atoms with E-state index in [1.165, 1.54) is 0 Å². The molecule has 1 aromatic heterocycles. The topological polar surface area (TPSA) is 59.4 Å². The summed E-state index contributed by atoms with van der Waals surface area (Å²) in [6.45, 7) is 1.58. The molecular formula is C12H14ClNO3. The summed E-state index contributed by atoms with van der Waals surface area (Å²) in [5.74, 6) is -0.482. The van der Waals surface area contributed by atoms with E-state index in [2.05, 4.69) is 4.98 Å². The van der Waals surface area contributed by atoms with Crippen molar-refractivity contribution in [3.05, 3.63) is 28.5 Å². The molecule has 0 aliphatic carbocycles. The van der Waals surface area contributed by atoms with Crippen LogP contribution in [0, 0.1) is 5.92 Å². The third-order valence-corrected chi connectivity index (χ3v) is 3.29. The van der Waals surface area contributed by atoms with Crippen molar-refractivity contribution in [2.45, 2.75) is 19.3 Å². The molecule has 1 N–H and O–H groups in total. The SMILES string of the molecule is O=C(O)c1cc(CC2CCOCC2)cnc1Cl. The van der Waals surface area contributed by atoms with Crippen molar-refractivity contribution >= 4 is 17.6 Å². The summed E-state index contributed by atoms with van der Waals surface area (Å²) < 4.78 is 5.29. The van der Waals surface area contributed by atoms with Gasteiger partial charge in [0, 0.05) is 19.4 Å². The molecule has 1 aliphatic heterocycles. The van der Waals surface area contributed by atoms with Gasteiger partial charge >= 0.3 is 5.97 Å². The van der Waals surface area contributed by atoms with Gasteiger partial charge in [0.25, 0.3) is 0 Å². The average molecular weight is 256 g/mol. The molecule has 5 heteroatoms. The maximum atomic E-state index is 10.9. The molecule has 1 aromatic rings. The summed E-state index contributed by atoms with van der Waals surface area (Å²) in [5, 5.41) is 9.00. The van der Waals surface area contributed by atoms with Crippen molar-refractivity contribution < 1.29 is 14.6 Å². The Bertz CT molecular complexity index is 416. The van der Waals surface area contributed by atoms with Gasteiger partial charge in [-0.05, 0) is 36.8 Å². The molecule has 0 unspecified atom stereocenters. The maximum absolute atomic E-state index is 10.9. The van der Waals surface area contributed by atoms with Crippen LogP contribution >= 0.6 is 11.6 Å². The second-order valence-electron chi connectivity index (χ2n) is 4.25. The van der Waals surface area contributed by atoms with Gasteiger partial charge in [-0.3, -0.25) is 0 Å². The van der Waals surface area contributed by atoms with Crippen LogP contribution in [0.4, 0.5) is 0 Å². The van der Waals surface area contributed by atoms with E-state index in [4.69, 9.17) is 21.4 Å². The number of carboxylic acids is 1. The Kier molecular flexibility index (Phi) is 3.97. The number of nitrogens with zero attached hydrogens (tertiary/aromatic N) is 1. The van der Waals surface area contributed by atoms with Crippen LogP contribution in [0.25, 0.3) is 0 Å². The third-order valence-electron chi connectivity index (χ3n) is 2.99. The fourth-order valence-electron chi connectivity index (χ4n) is 2.04. The van der Waals surface area contributed by atoms with E-state index in [1.54, 1.807) is 12.3 Å². The number of hydrogen-bond donors (Lipinski definition) is 1. The lowest BCUT2D eigenvalue weighted by atomic mass is 9.93. The van der Waals surface area contributed by atoms with Gasteiger partial charge < -0.3 is 9.84 Å². The number of pyridine rings is 1. The molecule has 2 heterocycles. The molecule has 0 radical (unpaired) electrons. The highest BCUT2D eigenvalue weighted by atomic mass is 35.5. The first-order valence-corrected chi connectivity index (χ1v) is 6.00. The molecule has 92 valence electrons. The van der Waals surface area contributed by atoms with Crippen molar-refractivity contribution in [1.29, 1.82) is 0 Å². The van der Waals surface area contributed by atoms with Gasteiger partial charge in [-0.15, -0.1) is 0 Å². The highest BCUT2D eigenvalue weighted by molar-refractivity contribution is 6.32. The summed E-state index contributed by atoms with van der Waals surface area (Å²) in [5.41, 5.74) is 1.01. The second-order valence-corrected chi connectivity index (χ2v) is 4.60. The Labute approximate surface area is 105 Å². The van der Waals surface area contributed by atoms with Crippen molar-refractivity contribution in [3.8, 4) is 0 Å². The first-order valence-electron chi connectivity index (χ1n) is 5.62. The van der Waals surface area contributed by atoms with Crippen LogP contribution < -0.4 is 0 Å². The number of ether oxygens (including phenoxy) is 1. The predicted octanol–water partition coefficient (Wildman–Crippen LogP) is 2.40. The van der Waals surface area contributed by atoms with Crippen LogP contribution in [0.2, 0.25) is 5.15 Å². The van der Waals surface area contributed by atoms with E-state index in [0.717, 1.165) is 38.0 Å². The van der Waals surface area contributed by atoms with E-state index in [1.807, 2.05) is 0 Å². The number of rotatable bonds is 3. The normalized spacial score (nSPS) is 17.0. The van der Waals surface area contributed by atoms with Crippen molar-refractivity contribution in [2.24, 2.45) is 5.92 Å². The van der Waals surface area contributed by atoms with Gasteiger partial charge in [0.2, 0.25) is 0 Å². The zero-order valence-corrected chi connectivity index (χ0v) is 10.1. The largest absolute Gasteiger partial charge is 0.478 e. The summed E-state index contributed by atoms with van der Waals surface area (Å²) in [4.78, 5) is 14.8. The first kappa shape index (κ1) is 12.3. The minimum atomic E-state index is -1.03. The number of carboxylic acid groups (broad SMARTS) is 1. The Morgan fingerprint density at radius 2 is 2.24 bits per heavy atom. The van der Waals surface area contributed by atoms with Gasteiger partial charge in [0.05, 0.1) is 5.56 Å². The predicted molar refractivity (Wildman–Crippen MR) is 63.5 cm³/mol. The minimum Gasteiger partial charge on any atom is -0.478 e. The molecule has 0 atom stereocenters. The van der Waals surface area contributed by atoms with E-state index in [-0.39, 0.29) is 10.7 Å². The molecule has 0 bridgehead atoms. The second kappa shape index (κ2) is 5.47. The van der Waals surface area contributed by atoms with E-state index in [9.17, 15) is 4.79 Å². The van der Waals surface area contributed by atoms with Crippen LogP contribution in [-0.4, -0.2) is 29.3 Å². The summed E-state index contributed by atoms with van der Waals surface area (Å²) in [7, 11) is 0. The first-order chi connectivity index (χ1) is 8.16. The van der Waals surface area contributed by atoms with Crippen molar-refractivity contribution in [3.63, 3.8) is 0 Å². The van der Waals surface area contributed by atoms with Crippen molar-refractivity contribution in [1.82, 2.24) is 4.98 Å². The van der Waals surface area contributed by atoms with Gasteiger partial charge in [0.15, 0.2) is 0 Å². The van der Waals surface area contributed by atoms with Gasteiger partial charge in [-0.25, -0.2) is 9.78 Å². The molecule has 1 fully saturated rings. The number of halogens is 1. The maximum Gasteiger partial charge on any atom is 0.338 e. The molecule has 17 heavy (non-hydrogen) atoms. The van der Waals surface area contributed by atoms with E-state index < -0.39 is 5.97 Å². The monoisotopic (exact) mass is 255 g/mol. The Hall–Kier alpha value is -1.13. The molecule has 1 saturated heterocycles. The number of hydrogen-bond acceptors (Lipinski definition) is 3. The zero-order chi connectivity index (χ0) is 12.3. The van der Waals surface area contributed by atoms with Crippen LogP contribution in [0.15, 0.2) is 12.3 Å². The molecule has 0 spiro atoms. The fourth-order valence-corrected chi connectivity index (χ4v) is 2.22. The molecule has 0 aromatic carbocycles. The van der Waals surface area contributed by atoms with Crippen molar-refractivity contribution in [2.75, 3.05) is 13.2 Å². The molecular weight excluding hydrogens is 242 g/mol. The highest BCUT2D eigenvalue weighted by Crippen LogP contribution is 2.22. The highest BCUT2D eigenvalue weighted by Gasteiger charge is 2.16. The molecule has 1 aliphatic rings. The van der Waals surface area contributed by atoms with E-state index >= 15 is 0 Å². The van der Waals surface area contributed by atoms with Crippen LogP contribution in [-0.2, 0) is 11.2 Å². The minimum absolute atomic E-state index is 0.0493. The lowest BCUT2D eigenvalue weighted by molar-refractivity contribution is 0.0662. The van der Waals surface area contributed by atoms with Crippen LogP contribution in [0.1, 0.15) is 28.8 Å². The standard InChI is InChI=1S/C12H14ClNO3/c13-11-10(12(15)16)6-9(7-14-11)5-8-1-3-17-4-2-8/h6-8H,1-5H2,(H,15,16). The Morgan fingerprint density at radius 1 is 1.53 bits per heavy atom. The summed E-state index contributed by atoms with van der Waals surface area (Å²) >= 11 is 5.72. The molecule has 2 rings (SSSR count). The lowest BCUT2D eigenvalue weighted by Crippen LogP contribution is -2.17. The Balaban J connectivity index is 2.10. The number of carbonyl (C=O) groups is 1. The summed E-state index contributed by atoms with van der Waals surface area (Å²) in [6.07, 6.45) is 4.54. The van der Waals surface area contributed by atoms with E-state index in [0.29, 0.717) is 5.92 Å².